The number of amides is 4. The molecule has 7 nitrogen and oxygen atoms in total. The molecule has 46 heavy (non-hydrogen) atoms. The van der Waals surface area contributed by atoms with Crippen LogP contribution < -0.4 is 4.90 Å². The first-order valence-electron chi connectivity index (χ1n) is 13.4. The van der Waals surface area contributed by atoms with E-state index in [0.717, 1.165) is 4.90 Å². The van der Waals surface area contributed by atoms with E-state index >= 15 is 0 Å². The second kappa shape index (κ2) is 10.7. The van der Waals surface area contributed by atoms with E-state index in [1.165, 1.54) is 24.3 Å². The number of hydrogen-bond acceptors (Lipinski definition) is 5. The molecule has 244 valence electrons. The molecule has 0 spiro atoms. The highest BCUT2D eigenvalue weighted by molar-refractivity contribution is 9.10. The lowest BCUT2D eigenvalue weighted by Gasteiger charge is -2.50. The number of nitrogens with zero attached hydrogens (tertiary/aromatic N) is 2. The number of alkyl halides is 9. The van der Waals surface area contributed by atoms with Gasteiger partial charge in [-0.2, -0.15) is 26.3 Å². The minimum absolute atomic E-state index is 0.0581. The average Bonchev–Trinajstić information content (AvgIpc) is 3.31. The van der Waals surface area contributed by atoms with Crippen LogP contribution in [0.25, 0.3) is 0 Å². The molecule has 3 fully saturated rings. The summed E-state index contributed by atoms with van der Waals surface area (Å²) < 4.78 is 82.3. The van der Waals surface area contributed by atoms with E-state index in [4.69, 9.17) is 23.2 Å². The van der Waals surface area contributed by atoms with Gasteiger partial charge in [-0.1, -0.05) is 43.5 Å². The molecule has 0 bridgehead atoms. The maximum atomic E-state index is 14.0. The van der Waals surface area contributed by atoms with Crippen LogP contribution in [0, 0.1) is 17.8 Å². The molecule has 4 amide bonds. The van der Waals surface area contributed by atoms with Crippen molar-refractivity contribution in [3.8, 4) is 5.75 Å². The summed E-state index contributed by atoms with van der Waals surface area (Å²) in [4.78, 5) is 51.8. The third-order valence-corrected chi connectivity index (χ3v) is 11.6. The second-order valence-corrected chi connectivity index (χ2v) is 14.1. The van der Waals surface area contributed by atoms with Gasteiger partial charge < -0.3 is 5.11 Å². The van der Waals surface area contributed by atoms with Crippen molar-refractivity contribution in [3.63, 3.8) is 0 Å². The molecule has 2 aromatic rings. The molecule has 2 heterocycles. The lowest BCUT2D eigenvalue weighted by Crippen LogP contribution is -2.60. The summed E-state index contributed by atoms with van der Waals surface area (Å²) in [6.07, 6.45) is -9.66. The Morgan fingerprint density at radius 1 is 0.891 bits per heavy atom. The van der Waals surface area contributed by atoms with Gasteiger partial charge in [0.05, 0.1) is 34.1 Å². The molecule has 4 aliphatic rings. The molecule has 6 atom stereocenters. The Labute approximate surface area is 282 Å². The molecule has 2 saturated heterocycles. The van der Waals surface area contributed by atoms with Crippen molar-refractivity contribution in [2.24, 2.45) is 17.8 Å². The van der Waals surface area contributed by atoms with Crippen LogP contribution in [0.1, 0.15) is 35.4 Å². The molecule has 2 aromatic carbocycles. The van der Waals surface area contributed by atoms with E-state index in [0.29, 0.717) is 21.5 Å². The number of anilines is 1. The fraction of sp³-hybridized carbons (Fsp3) is 0.379. The third kappa shape index (κ3) is 4.58. The van der Waals surface area contributed by atoms with Crippen molar-refractivity contribution >= 4 is 84.4 Å². The largest absolute Gasteiger partial charge is 0.508 e. The topological polar surface area (TPSA) is 95.0 Å². The Balaban J connectivity index is 1.52. The second-order valence-electron chi connectivity index (χ2n) is 11.5. The Morgan fingerprint density at radius 2 is 1.50 bits per heavy atom. The van der Waals surface area contributed by atoms with Gasteiger partial charge in [-0.25, -0.2) is 4.90 Å². The fourth-order valence-electron chi connectivity index (χ4n) is 7.18. The van der Waals surface area contributed by atoms with E-state index in [1.54, 1.807) is 0 Å². The SMILES string of the molecule is O=C1[C@H]2[C@H](CC=C3[C@H]2C[C@@]2(Cl)C(=O)N(CBr)C(=O)[C@@]2(Cl)[C@H]3c2cc(Br)ccc2O)C(=O)N1c1cc(C(F)(F)F)cc(C(F)(F)F)c1. The van der Waals surface area contributed by atoms with E-state index in [-0.39, 0.29) is 34.8 Å². The molecule has 1 N–H and O–H groups in total. The van der Waals surface area contributed by atoms with E-state index in [9.17, 15) is 50.6 Å². The number of imide groups is 2. The summed E-state index contributed by atoms with van der Waals surface area (Å²) >= 11 is 20.5. The van der Waals surface area contributed by atoms with Crippen molar-refractivity contribution in [1.82, 2.24) is 4.90 Å². The van der Waals surface area contributed by atoms with Crippen LogP contribution in [0.15, 0.2) is 52.5 Å². The fourth-order valence-corrected chi connectivity index (χ4v) is 8.97. The summed E-state index contributed by atoms with van der Waals surface area (Å²) in [6.45, 7) is 0. The first-order valence-corrected chi connectivity index (χ1v) is 16.1. The number of rotatable bonds is 3. The van der Waals surface area contributed by atoms with Crippen LogP contribution in [0.2, 0.25) is 0 Å². The zero-order valence-corrected chi connectivity index (χ0v) is 27.4. The summed E-state index contributed by atoms with van der Waals surface area (Å²) in [5.74, 6) is -9.42. The van der Waals surface area contributed by atoms with Gasteiger partial charge in [-0.15, -0.1) is 23.2 Å². The summed E-state index contributed by atoms with van der Waals surface area (Å²) in [7, 11) is 0. The Bertz CT molecular complexity index is 1740. The first-order chi connectivity index (χ1) is 21.3. The zero-order chi connectivity index (χ0) is 33.9. The van der Waals surface area contributed by atoms with Crippen molar-refractivity contribution in [1.29, 1.82) is 0 Å². The summed E-state index contributed by atoms with van der Waals surface area (Å²) in [5.41, 5.74) is -4.33. The van der Waals surface area contributed by atoms with Crippen LogP contribution in [-0.4, -0.2) is 48.8 Å². The number of benzene rings is 2. The minimum Gasteiger partial charge on any atom is -0.508 e. The number of phenols is 1. The van der Waals surface area contributed by atoms with E-state index in [1.807, 2.05) is 0 Å². The molecule has 0 aromatic heterocycles. The van der Waals surface area contributed by atoms with Gasteiger partial charge in [-0.3, -0.25) is 24.1 Å². The smallest absolute Gasteiger partial charge is 0.416 e. The van der Waals surface area contributed by atoms with Crippen molar-refractivity contribution in [3.05, 3.63) is 69.2 Å². The van der Waals surface area contributed by atoms with Gasteiger partial charge in [0.15, 0.2) is 9.75 Å². The Morgan fingerprint density at radius 3 is 2.07 bits per heavy atom. The maximum absolute atomic E-state index is 14.0. The molecular weight excluding hydrogens is 801 g/mol. The number of allylic oxidation sites excluding steroid dienone is 2. The quantitative estimate of drug-likeness (QED) is 0.117. The first kappa shape index (κ1) is 33.3. The number of fused-ring (bicyclic) bond motifs is 4. The number of hydrogen-bond donors (Lipinski definition) is 1. The van der Waals surface area contributed by atoms with Crippen LogP contribution in [0.5, 0.6) is 5.75 Å². The van der Waals surface area contributed by atoms with Gasteiger partial charge in [0.25, 0.3) is 11.8 Å². The molecular formula is C29H18Br2Cl2F6N2O5. The standard InChI is InChI=1S/C29H18Br2Cl2F6N2O5/c30-10-40-24(45)26(32)9-18-15(21(27(26,33)25(40)46)17-8-13(31)1-4-19(17)42)2-3-16-20(18)23(44)41(22(16)43)14-6-11(28(34,35)36)5-12(7-14)29(37,38)39/h1-2,4-8,16,18,20-21,42H,3,9-10H2/t16-,18+,20-,21+,26+,27-/m0/s1. The van der Waals surface area contributed by atoms with E-state index in [2.05, 4.69) is 31.9 Å². The number of phenolic OH excluding ortho intramolecular Hbond substituents is 1. The highest BCUT2D eigenvalue weighted by Gasteiger charge is 2.76. The van der Waals surface area contributed by atoms with Gasteiger partial charge in [0, 0.05) is 16.0 Å². The Hall–Kier alpha value is -2.62. The molecule has 17 heteroatoms. The Kier molecular flexibility index (Phi) is 7.74. The van der Waals surface area contributed by atoms with E-state index < -0.39 is 92.6 Å². The number of halogens is 10. The summed E-state index contributed by atoms with van der Waals surface area (Å²) in [5, 5.41) is 10.9. The lowest BCUT2D eigenvalue weighted by molar-refractivity contribution is -0.143. The van der Waals surface area contributed by atoms with Gasteiger partial charge in [0.2, 0.25) is 11.8 Å². The average molecular weight is 819 g/mol. The number of likely N-dealkylation sites (tertiary alicyclic amines) is 1. The van der Waals surface area contributed by atoms with Crippen LogP contribution in [0.4, 0.5) is 32.0 Å². The molecule has 0 unspecified atom stereocenters. The maximum Gasteiger partial charge on any atom is 0.416 e. The number of carbonyl (C=O) groups is 4. The number of carbonyl (C=O) groups excluding carboxylic acids is 4. The molecule has 0 radical (unpaired) electrons. The van der Waals surface area contributed by atoms with Crippen LogP contribution in [0.3, 0.4) is 0 Å². The lowest BCUT2D eigenvalue weighted by atomic mass is 9.56. The molecule has 2 aliphatic heterocycles. The van der Waals surface area contributed by atoms with Gasteiger partial charge in [0.1, 0.15) is 5.75 Å². The van der Waals surface area contributed by atoms with Crippen molar-refractivity contribution in [2.75, 3.05) is 10.4 Å². The van der Waals surface area contributed by atoms with Crippen molar-refractivity contribution in [2.45, 2.75) is 40.9 Å². The van der Waals surface area contributed by atoms with Gasteiger partial charge in [-0.05, 0) is 55.2 Å². The van der Waals surface area contributed by atoms with Crippen LogP contribution >= 0.6 is 55.1 Å². The van der Waals surface area contributed by atoms with Crippen LogP contribution in [-0.2, 0) is 31.5 Å². The highest BCUT2D eigenvalue weighted by atomic mass is 79.9. The normalized spacial score (nSPS) is 31.2. The summed E-state index contributed by atoms with van der Waals surface area (Å²) in [6, 6.07) is 4.70. The molecule has 2 aliphatic carbocycles. The minimum atomic E-state index is -5.24. The third-order valence-electron chi connectivity index (χ3n) is 9.15. The predicted molar refractivity (Wildman–Crippen MR) is 158 cm³/mol. The molecule has 6 rings (SSSR count). The monoisotopic (exact) mass is 816 g/mol. The van der Waals surface area contributed by atoms with Crippen molar-refractivity contribution < 1.29 is 50.6 Å². The zero-order valence-electron chi connectivity index (χ0n) is 22.7. The molecule has 1 saturated carbocycles. The highest BCUT2D eigenvalue weighted by Crippen LogP contribution is 2.66. The predicted octanol–water partition coefficient (Wildman–Crippen LogP) is 7.11. The van der Waals surface area contributed by atoms with Gasteiger partial charge >= 0.3 is 12.4 Å². The number of aromatic hydroxyl groups is 1.